The number of carbonyl (C=O) groups excluding carboxylic acids is 2. The first-order chi connectivity index (χ1) is 15.3. The Morgan fingerprint density at radius 1 is 1.34 bits per heavy atom. The normalized spacial score (nSPS) is 15.4. The van der Waals surface area contributed by atoms with Crippen molar-refractivity contribution in [3.63, 3.8) is 0 Å². The Bertz CT molecular complexity index is 1110. The monoisotopic (exact) mass is 476 g/mol. The van der Waals surface area contributed by atoms with Crippen LogP contribution in [0.4, 0.5) is 0 Å². The van der Waals surface area contributed by atoms with Crippen molar-refractivity contribution >= 4 is 34.8 Å². The van der Waals surface area contributed by atoms with Crippen LogP contribution >= 0.6 is 22.9 Å². The minimum absolute atomic E-state index is 0.0264. The second-order valence-electron chi connectivity index (χ2n) is 8.11. The van der Waals surface area contributed by atoms with E-state index in [2.05, 4.69) is 34.2 Å². The van der Waals surface area contributed by atoms with Gasteiger partial charge in [-0.25, -0.2) is 4.98 Å². The maximum absolute atomic E-state index is 13.0. The van der Waals surface area contributed by atoms with Gasteiger partial charge in [0.2, 0.25) is 0 Å². The van der Waals surface area contributed by atoms with Crippen LogP contribution in [0.2, 0.25) is 4.34 Å². The Morgan fingerprint density at radius 2 is 2.09 bits per heavy atom. The topological polar surface area (TPSA) is 119 Å². The van der Waals surface area contributed by atoms with E-state index in [9.17, 15) is 9.59 Å². The lowest BCUT2D eigenvalue weighted by molar-refractivity contribution is 0.0886. The van der Waals surface area contributed by atoms with E-state index in [0.29, 0.717) is 21.8 Å². The average Bonchev–Trinajstić information content (AvgIpc) is 3.48. The number of thiophene rings is 1. The molecule has 32 heavy (non-hydrogen) atoms. The van der Waals surface area contributed by atoms with E-state index in [4.69, 9.17) is 21.9 Å². The SMILES string of the molecule is CC(C)N1CCC(NC(=O)c2nc(C(N)=O)cn2Cc2cc(-c3ccc(Cl)s3)on2)CC1. The van der Waals surface area contributed by atoms with E-state index in [1.165, 1.54) is 17.5 Å². The van der Waals surface area contributed by atoms with Crippen LogP contribution in [0.3, 0.4) is 0 Å². The van der Waals surface area contributed by atoms with Gasteiger partial charge in [0.25, 0.3) is 11.8 Å². The van der Waals surface area contributed by atoms with Gasteiger partial charge in [0.1, 0.15) is 11.4 Å². The molecule has 1 saturated heterocycles. The molecule has 2 amide bonds. The zero-order valence-electron chi connectivity index (χ0n) is 17.9. The smallest absolute Gasteiger partial charge is 0.287 e. The predicted molar refractivity (Wildman–Crippen MR) is 122 cm³/mol. The van der Waals surface area contributed by atoms with Crippen LogP contribution in [0.15, 0.2) is 28.9 Å². The first-order valence-electron chi connectivity index (χ1n) is 10.4. The number of primary amides is 1. The van der Waals surface area contributed by atoms with Gasteiger partial charge in [0, 0.05) is 37.4 Å². The summed E-state index contributed by atoms with van der Waals surface area (Å²) in [5, 5.41) is 7.13. The van der Waals surface area contributed by atoms with Crippen LogP contribution in [0.1, 0.15) is 53.5 Å². The van der Waals surface area contributed by atoms with E-state index < -0.39 is 5.91 Å². The van der Waals surface area contributed by atoms with Crippen molar-refractivity contribution in [3.05, 3.63) is 45.9 Å². The van der Waals surface area contributed by atoms with Crippen LogP contribution in [0, 0.1) is 0 Å². The number of halogens is 1. The van der Waals surface area contributed by atoms with Gasteiger partial charge in [0.05, 0.1) is 15.8 Å². The number of nitrogens with two attached hydrogens (primary N) is 1. The molecular formula is C21H25ClN6O3S. The Balaban J connectivity index is 1.49. The number of nitrogens with zero attached hydrogens (tertiary/aromatic N) is 4. The molecule has 0 unspecified atom stereocenters. The fraction of sp³-hybridized carbons (Fsp3) is 0.429. The number of carbonyl (C=O) groups is 2. The maximum Gasteiger partial charge on any atom is 0.287 e. The summed E-state index contributed by atoms with van der Waals surface area (Å²) in [6.07, 6.45) is 3.20. The molecule has 1 fully saturated rings. The van der Waals surface area contributed by atoms with Gasteiger partial charge >= 0.3 is 0 Å². The number of hydrogen-bond donors (Lipinski definition) is 2. The maximum atomic E-state index is 13.0. The number of aromatic nitrogens is 3. The van der Waals surface area contributed by atoms with E-state index in [-0.39, 0.29) is 30.0 Å². The highest BCUT2D eigenvalue weighted by Gasteiger charge is 2.25. The van der Waals surface area contributed by atoms with E-state index >= 15 is 0 Å². The van der Waals surface area contributed by atoms with Gasteiger partial charge in [-0.3, -0.25) is 9.59 Å². The van der Waals surface area contributed by atoms with Gasteiger partial charge in [-0.05, 0) is 38.8 Å². The highest BCUT2D eigenvalue weighted by atomic mass is 35.5. The lowest BCUT2D eigenvalue weighted by Gasteiger charge is -2.34. The molecule has 0 aromatic carbocycles. The Morgan fingerprint density at radius 3 is 2.72 bits per heavy atom. The second kappa shape index (κ2) is 9.43. The molecule has 170 valence electrons. The molecule has 3 aromatic heterocycles. The Labute approximate surface area is 194 Å². The predicted octanol–water partition coefficient (Wildman–Crippen LogP) is 3.00. The highest BCUT2D eigenvalue weighted by molar-refractivity contribution is 7.19. The summed E-state index contributed by atoms with van der Waals surface area (Å²) >= 11 is 7.37. The molecule has 11 heteroatoms. The number of rotatable bonds is 7. The fourth-order valence-electron chi connectivity index (χ4n) is 3.77. The second-order valence-corrected chi connectivity index (χ2v) is 9.82. The van der Waals surface area contributed by atoms with Crippen molar-refractivity contribution in [2.75, 3.05) is 13.1 Å². The van der Waals surface area contributed by atoms with E-state index in [1.807, 2.05) is 6.07 Å². The van der Waals surface area contributed by atoms with Crippen LogP contribution in [-0.2, 0) is 6.54 Å². The number of likely N-dealkylation sites (tertiary alicyclic amines) is 1. The molecule has 4 heterocycles. The molecule has 1 aliphatic heterocycles. The van der Waals surface area contributed by atoms with Crippen LogP contribution < -0.4 is 11.1 Å². The van der Waals surface area contributed by atoms with Crippen molar-refractivity contribution in [3.8, 4) is 10.6 Å². The van der Waals surface area contributed by atoms with Crippen molar-refractivity contribution in [1.29, 1.82) is 0 Å². The summed E-state index contributed by atoms with van der Waals surface area (Å²) in [6.45, 7) is 6.40. The summed E-state index contributed by atoms with van der Waals surface area (Å²) in [7, 11) is 0. The molecule has 0 radical (unpaired) electrons. The third-order valence-corrected chi connectivity index (χ3v) is 6.78. The fourth-order valence-corrected chi connectivity index (χ4v) is 4.76. The zero-order chi connectivity index (χ0) is 22.8. The molecule has 0 aliphatic carbocycles. The van der Waals surface area contributed by atoms with Gasteiger partial charge in [0.15, 0.2) is 11.6 Å². The third kappa shape index (κ3) is 5.03. The minimum Gasteiger partial charge on any atom is -0.364 e. The first-order valence-corrected chi connectivity index (χ1v) is 11.6. The molecule has 0 atom stereocenters. The van der Waals surface area contributed by atoms with Crippen molar-refractivity contribution in [2.45, 2.75) is 45.3 Å². The number of imidazole rings is 1. The molecule has 1 aliphatic rings. The van der Waals surface area contributed by atoms with Crippen LogP contribution in [-0.4, -0.2) is 56.6 Å². The molecule has 3 aromatic rings. The molecule has 4 rings (SSSR count). The number of piperidine rings is 1. The van der Waals surface area contributed by atoms with Crippen LogP contribution in [0.25, 0.3) is 10.6 Å². The van der Waals surface area contributed by atoms with Gasteiger partial charge in [-0.15, -0.1) is 11.3 Å². The standard InChI is InChI=1S/C21H25ClN6O3S/c1-12(2)27-7-5-13(6-8-27)24-21(30)20-25-15(19(23)29)11-28(20)10-14-9-16(31-26-14)17-3-4-18(22)32-17/h3-4,9,11-13H,5-8,10H2,1-2H3,(H2,23,29)(H,24,30). The lowest BCUT2D eigenvalue weighted by atomic mass is 10.0. The molecule has 0 bridgehead atoms. The summed E-state index contributed by atoms with van der Waals surface area (Å²) in [6, 6.07) is 5.95. The summed E-state index contributed by atoms with van der Waals surface area (Å²) in [5.74, 6) is -0.338. The van der Waals surface area contributed by atoms with Crippen molar-refractivity contribution < 1.29 is 14.1 Å². The Hall–Kier alpha value is -2.69. The summed E-state index contributed by atoms with van der Waals surface area (Å²) < 4.78 is 7.63. The van der Waals surface area contributed by atoms with E-state index in [1.54, 1.807) is 16.7 Å². The summed E-state index contributed by atoms with van der Waals surface area (Å²) in [4.78, 5) is 32.1. The lowest BCUT2D eigenvalue weighted by Crippen LogP contribution is -2.47. The number of hydrogen-bond acceptors (Lipinski definition) is 7. The van der Waals surface area contributed by atoms with E-state index in [0.717, 1.165) is 30.8 Å². The summed E-state index contributed by atoms with van der Waals surface area (Å²) in [5.41, 5.74) is 6.01. The largest absolute Gasteiger partial charge is 0.364 e. The molecule has 3 N–H and O–H groups in total. The van der Waals surface area contributed by atoms with Crippen molar-refractivity contribution in [1.82, 2.24) is 24.9 Å². The zero-order valence-corrected chi connectivity index (χ0v) is 19.4. The molecular weight excluding hydrogens is 452 g/mol. The average molecular weight is 477 g/mol. The number of nitrogens with one attached hydrogen (secondary N) is 1. The molecule has 9 nitrogen and oxygen atoms in total. The Kier molecular flexibility index (Phi) is 6.63. The molecule has 0 saturated carbocycles. The first kappa shape index (κ1) is 22.5. The van der Waals surface area contributed by atoms with Gasteiger partial charge < -0.3 is 25.0 Å². The van der Waals surface area contributed by atoms with Crippen LogP contribution in [0.5, 0.6) is 0 Å². The minimum atomic E-state index is -0.697. The third-order valence-electron chi connectivity index (χ3n) is 5.53. The van der Waals surface area contributed by atoms with Gasteiger partial charge in [-0.2, -0.15) is 0 Å². The number of amides is 2. The quantitative estimate of drug-likeness (QED) is 0.541. The van der Waals surface area contributed by atoms with Crippen molar-refractivity contribution in [2.24, 2.45) is 5.73 Å². The highest BCUT2D eigenvalue weighted by Crippen LogP contribution is 2.31. The molecule has 0 spiro atoms. The van der Waals surface area contributed by atoms with Gasteiger partial charge in [-0.1, -0.05) is 16.8 Å².